The van der Waals surface area contributed by atoms with Crippen LogP contribution in [0.25, 0.3) is 11.1 Å². The van der Waals surface area contributed by atoms with E-state index in [1.54, 1.807) is 37.4 Å². The van der Waals surface area contributed by atoms with Crippen molar-refractivity contribution < 1.29 is 18.8 Å². The summed E-state index contributed by atoms with van der Waals surface area (Å²) in [7, 11) is 1.57. The van der Waals surface area contributed by atoms with Crippen molar-refractivity contribution in [2.45, 2.75) is 13.0 Å². The number of nitro benzene ring substituents is 1. The Morgan fingerprint density at radius 3 is 2.26 bits per heavy atom. The SMILES string of the molecule is COc1ccc(-c2cc([N+](=O)[O-])ccc2O[C@@H](C)c2ccc(F)cc2)cc1. The highest BCUT2D eigenvalue weighted by Gasteiger charge is 2.16. The minimum atomic E-state index is -0.444. The van der Waals surface area contributed by atoms with E-state index in [4.69, 9.17) is 9.47 Å². The minimum Gasteiger partial charge on any atom is -0.497 e. The van der Waals surface area contributed by atoms with Gasteiger partial charge in [-0.1, -0.05) is 24.3 Å². The first-order chi connectivity index (χ1) is 13.0. The van der Waals surface area contributed by atoms with Gasteiger partial charge in [0.05, 0.1) is 12.0 Å². The Hall–Kier alpha value is -3.41. The number of non-ortho nitro benzene ring substituents is 1. The van der Waals surface area contributed by atoms with E-state index in [1.807, 2.05) is 19.1 Å². The van der Waals surface area contributed by atoms with Gasteiger partial charge in [-0.25, -0.2) is 4.39 Å². The lowest BCUT2D eigenvalue weighted by Gasteiger charge is -2.18. The van der Waals surface area contributed by atoms with Crippen molar-refractivity contribution in [2.75, 3.05) is 7.11 Å². The molecule has 0 spiro atoms. The van der Waals surface area contributed by atoms with Crippen LogP contribution in [0.15, 0.2) is 66.7 Å². The predicted molar refractivity (Wildman–Crippen MR) is 101 cm³/mol. The number of nitro groups is 1. The summed E-state index contributed by atoms with van der Waals surface area (Å²) in [6, 6.07) is 17.7. The standard InChI is InChI=1S/C21H18FNO4/c1-14(15-3-7-17(22)8-4-15)27-21-12-9-18(23(24)25)13-20(21)16-5-10-19(26-2)11-6-16/h3-14H,1-2H3/t14-/m0/s1. The van der Waals surface area contributed by atoms with E-state index in [-0.39, 0.29) is 17.6 Å². The molecule has 1 atom stereocenters. The zero-order valence-corrected chi connectivity index (χ0v) is 14.9. The molecule has 0 radical (unpaired) electrons. The first-order valence-corrected chi connectivity index (χ1v) is 8.33. The molecule has 3 aromatic rings. The Labute approximate surface area is 156 Å². The first kappa shape index (κ1) is 18.4. The summed E-state index contributed by atoms with van der Waals surface area (Å²) in [5.74, 6) is 0.870. The zero-order valence-electron chi connectivity index (χ0n) is 14.9. The second kappa shape index (κ2) is 7.86. The van der Waals surface area contributed by atoms with Crippen LogP contribution in [0, 0.1) is 15.9 Å². The van der Waals surface area contributed by atoms with Gasteiger partial charge in [-0.2, -0.15) is 0 Å². The molecule has 0 heterocycles. The van der Waals surface area contributed by atoms with Gasteiger partial charge in [0, 0.05) is 17.7 Å². The van der Waals surface area contributed by atoms with Crippen molar-refractivity contribution in [3.8, 4) is 22.6 Å². The van der Waals surface area contributed by atoms with E-state index in [1.165, 1.54) is 24.3 Å². The van der Waals surface area contributed by atoms with E-state index < -0.39 is 4.92 Å². The number of rotatable bonds is 6. The van der Waals surface area contributed by atoms with Gasteiger partial charge in [0.1, 0.15) is 23.4 Å². The summed E-state index contributed by atoms with van der Waals surface area (Å²) in [6.45, 7) is 1.84. The van der Waals surface area contributed by atoms with E-state index in [2.05, 4.69) is 0 Å². The maximum atomic E-state index is 13.1. The van der Waals surface area contributed by atoms with Gasteiger partial charge >= 0.3 is 0 Å². The molecule has 3 rings (SSSR count). The average Bonchev–Trinajstić information content (AvgIpc) is 2.68. The summed E-state index contributed by atoms with van der Waals surface area (Å²) in [6.07, 6.45) is -0.357. The minimum absolute atomic E-state index is 0.0254. The van der Waals surface area contributed by atoms with Crippen LogP contribution in [0.2, 0.25) is 0 Å². The van der Waals surface area contributed by atoms with Crippen LogP contribution >= 0.6 is 0 Å². The van der Waals surface area contributed by atoms with Gasteiger partial charge in [0.15, 0.2) is 0 Å². The highest BCUT2D eigenvalue weighted by molar-refractivity contribution is 5.73. The monoisotopic (exact) mass is 367 g/mol. The Bertz CT molecular complexity index is 939. The molecular weight excluding hydrogens is 349 g/mol. The second-order valence-electron chi connectivity index (χ2n) is 5.98. The molecule has 0 saturated carbocycles. The van der Waals surface area contributed by atoms with E-state index in [0.29, 0.717) is 17.1 Å². The van der Waals surface area contributed by atoms with Gasteiger partial charge in [0.2, 0.25) is 0 Å². The molecule has 27 heavy (non-hydrogen) atoms. The van der Waals surface area contributed by atoms with Crippen LogP contribution in [0.3, 0.4) is 0 Å². The Morgan fingerprint density at radius 1 is 1.00 bits per heavy atom. The highest BCUT2D eigenvalue weighted by atomic mass is 19.1. The molecule has 0 N–H and O–H groups in total. The Morgan fingerprint density at radius 2 is 1.67 bits per heavy atom. The molecule has 0 fully saturated rings. The summed E-state index contributed by atoms with van der Waals surface area (Å²) in [5, 5.41) is 11.2. The molecule has 0 aliphatic carbocycles. The van der Waals surface area contributed by atoms with Crippen molar-refractivity contribution in [1.29, 1.82) is 0 Å². The third-order valence-electron chi connectivity index (χ3n) is 4.22. The lowest BCUT2D eigenvalue weighted by Crippen LogP contribution is -2.04. The predicted octanol–water partition coefficient (Wildman–Crippen LogP) is 5.55. The molecule has 0 aromatic heterocycles. The smallest absolute Gasteiger partial charge is 0.270 e. The fourth-order valence-electron chi connectivity index (χ4n) is 2.72. The van der Waals surface area contributed by atoms with Crippen LogP contribution in [0.4, 0.5) is 10.1 Å². The number of halogens is 1. The molecule has 3 aromatic carbocycles. The lowest BCUT2D eigenvalue weighted by molar-refractivity contribution is -0.384. The van der Waals surface area contributed by atoms with Gasteiger partial charge in [-0.15, -0.1) is 0 Å². The quantitative estimate of drug-likeness (QED) is 0.423. The van der Waals surface area contributed by atoms with Crippen molar-refractivity contribution in [3.63, 3.8) is 0 Å². The highest BCUT2D eigenvalue weighted by Crippen LogP contribution is 2.36. The largest absolute Gasteiger partial charge is 0.497 e. The molecule has 6 heteroatoms. The number of benzene rings is 3. The van der Waals surface area contributed by atoms with Crippen molar-refractivity contribution >= 4 is 5.69 Å². The molecule has 0 amide bonds. The molecule has 0 aliphatic rings. The topological polar surface area (TPSA) is 61.6 Å². The maximum Gasteiger partial charge on any atom is 0.270 e. The molecule has 5 nitrogen and oxygen atoms in total. The normalized spacial score (nSPS) is 11.7. The van der Waals surface area contributed by atoms with Gasteiger partial charge in [-0.05, 0) is 48.4 Å². The van der Waals surface area contributed by atoms with Gasteiger partial charge in [-0.3, -0.25) is 10.1 Å². The number of nitrogens with zero attached hydrogens (tertiary/aromatic N) is 1. The summed E-state index contributed by atoms with van der Waals surface area (Å²) in [5.41, 5.74) is 2.14. The van der Waals surface area contributed by atoms with Crippen molar-refractivity contribution in [2.24, 2.45) is 0 Å². The third-order valence-corrected chi connectivity index (χ3v) is 4.22. The van der Waals surface area contributed by atoms with E-state index in [9.17, 15) is 14.5 Å². The fourth-order valence-corrected chi connectivity index (χ4v) is 2.72. The Kier molecular flexibility index (Phi) is 5.35. The van der Waals surface area contributed by atoms with Gasteiger partial charge in [0.25, 0.3) is 5.69 Å². The molecule has 0 unspecified atom stereocenters. The fraction of sp³-hybridized carbons (Fsp3) is 0.143. The number of hydrogen-bond acceptors (Lipinski definition) is 4. The number of methoxy groups -OCH3 is 1. The molecule has 0 aliphatic heterocycles. The summed E-state index contributed by atoms with van der Waals surface area (Å²) in [4.78, 5) is 10.7. The van der Waals surface area contributed by atoms with Crippen LogP contribution in [0.5, 0.6) is 11.5 Å². The van der Waals surface area contributed by atoms with Crippen LogP contribution in [-0.2, 0) is 0 Å². The van der Waals surface area contributed by atoms with E-state index in [0.717, 1.165) is 11.1 Å². The average molecular weight is 367 g/mol. The molecule has 0 bridgehead atoms. The number of hydrogen-bond donors (Lipinski definition) is 0. The van der Waals surface area contributed by atoms with Gasteiger partial charge < -0.3 is 9.47 Å². The molecule has 0 saturated heterocycles. The Balaban J connectivity index is 1.98. The number of ether oxygens (including phenoxy) is 2. The zero-order chi connectivity index (χ0) is 19.4. The van der Waals surface area contributed by atoms with Crippen molar-refractivity contribution in [1.82, 2.24) is 0 Å². The lowest BCUT2D eigenvalue weighted by atomic mass is 10.0. The second-order valence-corrected chi connectivity index (χ2v) is 5.98. The maximum absolute atomic E-state index is 13.1. The van der Waals surface area contributed by atoms with Crippen molar-refractivity contribution in [3.05, 3.63) is 88.2 Å². The molecular formula is C21H18FNO4. The van der Waals surface area contributed by atoms with Crippen LogP contribution in [0.1, 0.15) is 18.6 Å². The van der Waals surface area contributed by atoms with E-state index >= 15 is 0 Å². The van der Waals surface area contributed by atoms with Crippen LogP contribution < -0.4 is 9.47 Å². The summed E-state index contributed by atoms with van der Waals surface area (Å²) < 4.78 is 24.3. The first-order valence-electron chi connectivity index (χ1n) is 8.33. The van der Waals surface area contributed by atoms with Crippen LogP contribution in [-0.4, -0.2) is 12.0 Å². The summed E-state index contributed by atoms with van der Waals surface area (Å²) >= 11 is 0. The molecule has 138 valence electrons. The third kappa shape index (κ3) is 4.23.